The van der Waals surface area contributed by atoms with Crippen LogP contribution in [0.25, 0.3) is 0 Å². The minimum absolute atomic E-state index is 0.658. The van der Waals surface area contributed by atoms with Crippen molar-refractivity contribution < 1.29 is 0 Å². The molecule has 0 spiro atoms. The summed E-state index contributed by atoms with van der Waals surface area (Å²) in [5.41, 5.74) is 0.658. The molecule has 0 aromatic carbocycles. The van der Waals surface area contributed by atoms with Gasteiger partial charge in [-0.15, -0.1) is 0 Å². The van der Waals surface area contributed by atoms with Gasteiger partial charge in [-0.1, -0.05) is 20.8 Å². The van der Waals surface area contributed by atoms with Gasteiger partial charge in [-0.05, 0) is 31.2 Å². The van der Waals surface area contributed by atoms with Gasteiger partial charge in [-0.3, -0.25) is 0 Å². The summed E-state index contributed by atoms with van der Waals surface area (Å²) in [7, 11) is 0. The molecule has 10 heavy (non-hydrogen) atoms. The monoisotopic (exact) mass is 141 g/mol. The lowest BCUT2D eigenvalue weighted by Crippen LogP contribution is -2.35. The van der Waals surface area contributed by atoms with Crippen LogP contribution in [0.4, 0.5) is 0 Å². The third-order valence-corrected chi connectivity index (χ3v) is 2.74. The highest BCUT2D eigenvalue weighted by Crippen LogP contribution is 2.48. The molecule has 1 aliphatic carbocycles. The number of hydrogen-bond acceptors (Lipinski definition) is 1. The van der Waals surface area contributed by atoms with E-state index >= 15 is 0 Å². The first kappa shape index (κ1) is 8.06. The van der Waals surface area contributed by atoms with E-state index in [1.54, 1.807) is 0 Å². The minimum Gasteiger partial charge on any atom is -0.314 e. The lowest BCUT2D eigenvalue weighted by molar-refractivity contribution is 0.353. The van der Waals surface area contributed by atoms with Crippen LogP contribution >= 0.6 is 0 Å². The third kappa shape index (κ3) is 1.51. The maximum atomic E-state index is 3.53. The van der Waals surface area contributed by atoms with Gasteiger partial charge in [0.2, 0.25) is 0 Å². The molecule has 1 aliphatic rings. The predicted molar refractivity (Wildman–Crippen MR) is 45.1 cm³/mol. The molecular formula is C9H19N. The predicted octanol–water partition coefficient (Wildman–Crippen LogP) is 2.17. The second kappa shape index (κ2) is 2.91. The summed E-state index contributed by atoms with van der Waals surface area (Å²) in [6, 6.07) is 0.775. The summed E-state index contributed by atoms with van der Waals surface area (Å²) in [6.45, 7) is 7.98. The van der Waals surface area contributed by atoms with Crippen LogP contribution in [0.1, 0.15) is 40.0 Å². The second-order valence-electron chi connectivity index (χ2n) is 3.67. The zero-order chi connectivity index (χ0) is 7.61. The third-order valence-electron chi connectivity index (χ3n) is 2.74. The summed E-state index contributed by atoms with van der Waals surface area (Å²) in [6.07, 6.45) is 4.14. The van der Waals surface area contributed by atoms with Gasteiger partial charge in [0.1, 0.15) is 0 Å². The van der Waals surface area contributed by atoms with Crippen molar-refractivity contribution in [3.05, 3.63) is 0 Å². The maximum absolute atomic E-state index is 3.53. The van der Waals surface area contributed by atoms with Crippen molar-refractivity contribution in [1.29, 1.82) is 0 Å². The van der Waals surface area contributed by atoms with Gasteiger partial charge in [-0.2, -0.15) is 0 Å². The average Bonchev–Trinajstić information content (AvgIpc) is 2.64. The Morgan fingerprint density at radius 2 is 2.00 bits per heavy atom. The molecule has 0 heterocycles. The van der Waals surface area contributed by atoms with Crippen LogP contribution in [0.3, 0.4) is 0 Å². The van der Waals surface area contributed by atoms with Crippen LogP contribution in [0, 0.1) is 5.41 Å². The second-order valence-corrected chi connectivity index (χ2v) is 3.67. The van der Waals surface area contributed by atoms with Crippen molar-refractivity contribution in [1.82, 2.24) is 5.32 Å². The molecule has 0 radical (unpaired) electrons. The lowest BCUT2D eigenvalue weighted by atomic mass is 9.97. The van der Waals surface area contributed by atoms with E-state index in [1.807, 2.05) is 0 Å². The standard InChI is InChI=1S/C9H19N/c1-4-8(10-5-2)9(3)6-7-9/h8,10H,4-7H2,1-3H3. The van der Waals surface area contributed by atoms with E-state index in [0.29, 0.717) is 5.41 Å². The molecule has 1 saturated carbocycles. The summed E-state index contributed by atoms with van der Waals surface area (Å²) in [5.74, 6) is 0. The van der Waals surface area contributed by atoms with E-state index in [9.17, 15) is 0 Å². The van der Waals surface area contributed by atoms with Crippen molar-refractivity contribution in [3.63, 3.8) is 0 Å². The fraction of sp³-hybridized carbons (Fsp3) is 1.00. The zero-order valence-corrected chi connectivity index (χ0v) is 7.41. The van der Waals surface area contributed by atoms with Crippen LogP contribution in [-0.4, -0.2) is 12.6 Å². The Bertz CT molecular complexity index is 105. The molecule has 1 heteroatoms. The Morgan fingerprint density at radius 1 is 1.40 bits per heavy atom. The Morgan fingerprint density at radius 3 is 2.30 bits per heavy atom. The molecule has 1 nitrogen and oxygen atoms in total. The molecule has 1 atom stereocenters. The fourth-order valence-electron chi connectivity index (χ4n) is 1.68. The number of rotatable bonds is 4. The van der Waals surface area contributed by atoms with E-state index in [1.165, 1.54) is 19.3 Å². The smallest absolute Gasteiger partial charge is 0.0118 e. The van der Waals surface area contributed by atoms with E-state index in [-0.39, 0.29) is 0 Å². The molecule has 60 valence electrons. The highest BCUT2D eigenvalue weighted by Gasteiger charge is 2.43. The quantitative estimate of drug-likeness (QED) is 0.632. The van der Waals surface area contributed by atoms with Crippen molar-refractivity contribution in [2.24, 2.45) is 5.41 Å². The van der Waals surface area contributed by atoms with E-state index in [0.717, 1.165) is 12.6 Å². The summed E-state index contributed by atoms with van der Waals surface area (Å²) >= 11 is 0. The minimum atomic E-state index is 0.658. The lowest BCUT2D eigenvalue weighted by Gasteiger charge is -2.22. The van der Waals surface area contributed by atoms with E-state index in [4.69, 9.17) is 0 Å². The maximum Gasteiger partial charge on any atom is 0.0118 e. The molecule has 1 fully saturated rings. The first-order valence-electron chi connectivity index (χ1n) is 4.46. The van der Waals surface area contributed by atoms with Gasteiger partial charge in [0.05, 0.1) is 0 Å². The Hall–Kier alpha value is -0.0400. The molecule has 0 aromatic rings. The van der Waals surface area contributed by atoms with Gasteiger partial charge in [0.25, 0.3) is 0 Å². The van der Waals surface area contributed by atoms with E-state index in [2.05, 4.69) is 26.1 Å². The van der Waals surface area contributed by atoms with Gasteiger partial charge >= 0.3 is 0 Å². The normalized spacial score (nSPS) is 24.3. The SMILES string of the molecule is CCNC(CC)C1(C)CC1. The molecule has 0 aliphatic heterocycles. The van der Waals surface area contributed by atoms with Gasteiger partial charge in [0, 0.05) is 6.04 Å². The van der Waals surface area contributed by atoms with Crippen LogP contribution in [-0.2, 0) is 0 Å². The summed E-state index contributed by atoms with van der Waals surface area (Å²) in [5, 5.41) is 3.53. The van der Waals surface area contributed by atoms with Crippen LogP contribution in [0.15, 0.2) is 0 Å². The van der Waals surface area contributed by atoms with Gasteiger partial charge in [-0.25, -0.2) is 0 Å². The summed E-state index contributed by atoms with van der Waals surface area (Å²) < 4.78 is 0. The Labute approximate surface area is 64.2 Å². The topological polar surface area (TPSA) is 12.0 Å². The molecule has 1 unspecified atom stereocenters. The van der Waals surface area contributed by atoms with Crippen LogP contribution in [0.2, 0.25) is 0 Å². The molecular weight excluding hydrogens is 122 g/mol. The Balaban J connectivity index is 2.33. The van der Waals surface area contributed by atoms with Crippen molar-refractivity contribution in [2.45, 2.75) is 46.1 Å². The molecule has 0 saturated heterocycles. The largest absolute Gasteiger partial charge is 0.314 e. The molecule has 0 bridgehead atoms. The highest BCUT2D eigenvalue weighted by molar-refractivity contribution is 4.97. The molecule has 1 rings (SSSR count). The first-order valence-corrected chi connectivity index (χ1v) is 4.46. The zero-order valence-electron chi connectivity index (χ0n) is 7.41. The molecule has 0 aromatic heterocycles. The number of hydrogen-bond donors (Lipinski definition) is 1. The van der Waals surface area contributed by atoms with Crippen LogP contribution in [0.5, 0.6) is 0 Å². The van der Waals surface area contributed by atoms with Crippen LogP contribution < -0.4 is 5.32 Å². The number of nitrogens with one attached hydrogen (secondary N) is 1. The summed E-state index contributed by atoms with van der Waals surface area (Å²) in [4.78, 5) is 0. The highest BCUT2D eigenvalue weighted by atomic mass is 14.9. The van der Waals surface area contributed by atoms with Crippen molar-refractivity contribution >= 4 is 0 Å². The van der Waals surface area contributed by atoms with Crippen molar-refractivity contribution in [3.8, 4) is 0 Å². The molecule has 0 amide bonds. The van der Waals surface area contributed by atoms with Gasteiger partial charge < -0.3 is 5.32 Å². The fourth-order valence-corrected chi connectivity index (χ4v) is 1.68. The average molecular weight is 141 g/mol. The van der Waals surface area contributed by atoms with E-state index < -0.39 is 0 Å². The van der Waals surface area contributed by atoms with Crippen molar-refractivity contribution in [2.75, 3.05) is 6.54 Å². The molecule has 1 N–H and O–H groups in total. The Kier molecular flexibility index (Phi) is 2.35. The first-order chi connectivity index (χ1) is 4.73. The van der Waals surface area contributed by atoms with Gasteiger partial charge in [0.15, 0.2) is 0 Å².